The molecule has 1 amide bonds. The summed E-state index contributed by atoms with van der Waals surface area (Å²) in [6, 6.07) is 6.39. The Morgan fingerprint density at radius 1 is 1.56 bits per heavy atom. The molecule has 84 valence electrons. The number of ether oxygens (including phenoxy) is 1. The molecule has 1 unspecified atom stereocenters. The topological polar surface area (TPSA) is 75.6 Å². The second-order valence-electron chi connectivity index (χ2n) is 3.86. The van der Waals surface area contributed by atoms with Gasteiger partial charge in [-0.25, -0.2) is 9.59 Å². The average molecular weight is 221 g/mol. The molecule has 0 radical (unpaired) electrons. The van der Waals surface area contributed by atoms with Crippen LogP contribution < -0.4 is 5.32 Å². The molecule has 5 heteroatoms. The number of aromatic carboxylic acids is 1. The van der Waals surface area contributed by atoms with Crippen LogP contribution in [0.5, 0.6) is 0 Å². The van der Waals surface area contributed by atoms with Gasteiger partial charge >= 0.3 is 12.1 Å². The molecule has 1 heterocycles. The number of hydrogen-bond donors (Lipinski definition) is 2. The van der Waals surface area contributed by atoms with Crippen molar-refractivity contribution in [1.29, 1.82) is 0 Å². The van der Waals surface area contributed by atoms with E-state index in [0.717, 1.165) is 0 Å². The van der Waals surface area contributed by atoms with Gasteiger partial charge < -0.3 is 15.2 Å². The Balaban J connectivity index is 2.37. The minimum atomic E-state index is -0.997. The summed E-state index contributed by atoms with van der Waals surface area (Å²) in [4.78, 5) is 21.8. The lowest BCUT2D eigenvalue weighted by atomic mass is 9.95. The highest BCUT2D eigenvalue weighted by Gasteiger charge is 2.37. The number of cyclic esters (lactones) is 1. The van der Waals surface area contributed by atoms with Crippen molar-refractivity contribution in [3.05, 3.63) is 35.4 Å². The lowest BCUT2D eigenvalue weighted by Gasteiger charge is -2.21. The molecule has 5 nitrogen and oxygen atoms in total. The molecule has 1 saturated heterocycles. The number of amides is 1. The Hall–Kier alpha value is -2.04. The maximum atomic E-state index is 11.0. The van der Waals surface area contributed by atoms with Gasteiger partial charge in [0.2, 0.25) is 0 Å². The zero-order valence-electron chi connectivity index (χ0n) is 8.69. The van der Waals surface area contributed by atoms with Gasteiger partial charge in [-0.3, -0.25) is 0 Å². The lowest BCUT2D eigenvalue weighted by molar-refractivity contribution is 0.0686. The molecule has 1 aliphatic heterocycles. The highest BCUT2D eigenvalue weighted by atomic mass is 16.6. The standard InChI is InChI=1S/C11H11NO4/c1-11(6-12-10(15)16-11)8-4-2-3-7(5-8)9(13)14/h2-5H,6H2,1H3,(H,12,15)(H,13,14). The van der Waals surface area contributed by atoms with Gasteiger partial charge in [0.1, 0.15) is 0 Å². The quantitative estimate of drug-likeness (QED) is 0.790. The van der Waals surface area contributed by atoms with Gasteiger partial charge in [0.05, 0.1) is 12.1 Å². The monoisotopic (exact) mass is 221 g/mol. The summed E-state index contributed by atoms with van der Waals surface area (Å²) >= 11 is 0. The smallest absolute Gasteiger partial charge is 0.408 e. The summed E-state index contributed by atoms with van der Waals surface area (Å²) in [5.41, 5.74) is 0.0650. The van der Waals surface area contributed by atoms with Crippen LogP contribution in [0.2, 0.25) is 0 Å². The second-order valence-corrected chi connectivity index (χ2v) is 3.86. The van der Waals surface area contributed by atoms with E-state index in [-0.39, 0.29) is 5.56 Å². The molecule has 1 aromatic carbocycles. The van der Waals surface area contributed by atoms with E-state index in [4.69, 9.17) is 9.84 Å². The maximum absolute atomic E-state index is 11.0. The molecule has 0 saturated carbocycles. The number of alkyl carbamates (subject to hydrolysis) is 1. The number of nitrogens with one attached hydrogen (secondary N) is 1. The molecule has 0 spiro atoms. The van der Waals surface area contributed by atoms with E-state index in [9.17, 15) is 9.59 Å². The summed E-state index contributed by atoms with van der Waals surface area (Å²) in [6.45, 7) is 2.08. The Labute approximate surface area is 92.0 Å². The summed E-state index contributed by atoms with van der Waals surface area (Å²) in [5.74, 6) is -0.997. The average Bonchev–Trinajstić information content (AvgIpc) is 2.60. The van der Waals surface area contributed by atoms with Crippen LogP contribution in [0.3, 0.4) is 0 Å². The fourth-order valence-electron chi connectivity index (χ4n) is 1.66. The molecule has 1 fully saturated rings. The highest BCUT2D eigenvalue weighted by molar-refractivity contribution is 5.87. The minimum Gasteiger partial charge on any atom is -0.478 e. The maximum Gasteiger partial charge on any atom is 0.408 e. The fourth-order valence-corrected chi connectivity index (χ4v) is 1.66. The fraction of sp³-hybridized carbons (Fsp3) is 0.273. The number of carboxylic acids is 1. The van der Waals surface area contributed by atoms with E-state index in [2.05, 4.69) is 5.32 Å². The van der Waals surface area contributed by atoms with Crippen LogP contribution in [0, 0.1) is 0 Å². The van der Waals surface area contributed by atoms with Crippen LogP contribution in [-0.2, 0) is 10.3 Å². The molecular formula is C11H11NO4. The van der Waals surface area contributed by atoms with Crippen LogP contribution in [0.25, 0.3) is 0 Å². The van der Waals surface area contributed by atoms with Crippen molar-refractivity contribution in [1.82, 2.24) is 5.32 Å². The van der Waals surface area contributed by atoms with Crippen LogP contribution in [0.4, 0.5) is 4.79 Å². The molecule has 1 aromatic rings. The van der Waals surface area contributed by atoms with Crippen LogP contribution in [0.15, 0.2) is 24.3 Å². The predicted octanol–water partition coefficient (Wildman–Crippen LogP) is 1.34. The third-order valence-electron chi connectivity index (χ3n) is 2.61. The van der Waals surface area contributed by atoms with E-state index >= 15 is 0 Å². The molecule has 0 aliphatic carbocycles. The number of carboxylic acid groups (broad SMARTS) is 1. The van der Waals surface area contributed by atoms with Crippen molar-refractivity contribution in [3.63, 3.8) is 0 Å². The molecule has 2 rings (SSSR count). The summed E-state index contributed by atoms with van der Waals surface area (Å²) in [7, 11) is 0. The van der Waals surface area contributed by atoms with Gasteiger partial charge in [0.15, 0.2) is 5.60 Å². The predicted molar refractivity (Wildman–Crippen MR) is 55.2 cm³/mol. The Bertz CT molecular complexity index is 457. The molecular weight excluding hydrogens is 210 g/mol. The van der Waals surface area contributed by atoms with E-state index in [0.29, 0.717) is 12.1 Å². The minimum absolute atomic E-state index is 0.182. The SMILES string of the molecule is CC1(c2cccc(C(=O)O)c2)CNC(=O)O1. The summed E-state index contributed by atoms with van der Waals surface area (Å²) in [5, 5.41) is 11.4. The number of rotatable bonds is 2. The first-order valence-corrected chi connectivity index (χ1v) is 4.82. The lowest BCUT2D eigenvalue weighted by Crippen LogP contribution is -2.26. The third kappa shape index (κ3) is 1.71. The van der Waals surface area contributed by atoms with Gasteiger partial charge in [0, 0.05) is 0 Å². The van der Waals surface area contributed by atoms with E-state index in [1.807, 2.05) is 0 Å². The van der Waals surface area contributed by atoms with Crippen molar-refractivity contribution in [2.75, 3.05) is 6.54 Å². The van der Waals surface area contributed by atoms with Crippen molar-refractivity contribution in [2.24, 2.45) is 0 Å². The van der Waals surface area contributed by atoms with Crippen molar-refractivity contribution in [3.8, 4) is 0 Å². The van der Waals surface area contributed by atoms with E-state index in [1.165, 1.54) is 12.1 Å². The first-order chi connectivity index (χ1) is 7.51. The molecule has 2 N–H and O–H groups in total. The van der Waals surface area contributed by atoms with Gasteiger partial charge in [-0.1, -0.05) is 12.1 Å². The Morgan fingerprint density at radius 2 is 2.31 bits per heavy atom. The van der Waals surface area contributed by atoms with Crippen molar-refractivity contribution >= 4 is 12.1 Å². The van der Waals surface area contributed by atoms with Gasteiger partial charge in [0.25, 0.3) is 0 Å². The number of carbonyl (C=O) groups excluding carboxylic acids is 1. The number of benzene rings is 1. The first-order valence-electron chi connectivity index (χ1n) is 4.82. The molecule has 16 heavy (non-hydrogen) atoms. The molecule has 1 aliphatic rings. The Kier molecular flexibility index (Phi) is 2.30. The Morgan fingerprint density at radius 3 is 2.88 bits per heavy atom. The molecule has 0 aromatic heterocycles. The van der Waals surface area contributed by atoms with Crippen LogP contribution >= 0.6 is 0 Å². The summed E-state index contributed by atoms with van der Waals surface area (Å²) < 4.78 is 5.13. The van der Waals surface area contributed by atoms with Crippen molar-refractivity contribution in [2.45, 2.75) is 12.5 Å². The van der Waals surface area contributed by atoms with Crippen molar-refractivity contribution < 1.29 is 19.4 Å². The number of carbonyl (C=O) groups is 2. The third-order valence-corrected chi connectivity index (χ3v) is 2.61. The van der Waals surface area contributed by atoms with E-state index < -0.39 is 17.7 Å². The summed E-state index contributed by atoms with van der Waals surface area (Å²) in [6.07, 6.45) is -0.483. The second kappa shape index (κ2) is 3.52. The van der Waals surface area contributed by atoms with Crippen LogP contribution in [0.1, 0.15) is 22.8 Å². The van der Waals surface area contributed by atoms with Gasteiger partial charge in [-0.15, -0.1) is 0 Å². The molecule has 1 atom stereocenters. The largest absolute Gasteiger partial charge is 0.478 e. The van der Waals surface area contributed by atoms with Gasteiger partial charge in [-0.05, 0) is 24.6 Å². The first kappa shape index (κ1) is 10.5. The van der Waals surface area contributed by atoms with Gasteiger partial charge in [-0.2, -0.15) is 0 Å². The normalized spacial score (nSPS) is 23.7. The molecule has 0 bridgehead atoms. The number of hydrogen-bond acceptors (Lipinski definition) is 3. The highest BCUT2D eigenvalue weighted by Crippen LogP contribution is 2.28. The zero-order valence-corrected chi connectivity index (χ0v) is 8.69. The van der Waals surface area contributed by atoms with E-state index in [1.54, 1.807) is 19.1 Å². The zero-order chi connectivity index (χ0) is 11.8. The van der Waals surface area contributed by atoms with Crippen LogP contribution in [-0.4, -0.2) is 23.7 Å².